The molecule has 22 heavy (non-hydrogen) atoms. The second-order valence-corrected chi connectivity index (χ2v) is 5.84. The standard InChI is InChI=1S/C17H22N2O3/c1-11(2)19(10-13(4)20)17(21)16-9-15(18-22-16)14-7-5-12(3)6-8-14/h5-9,11,13,20H,10H2,1-4H3. The highest BCUT2D eigenvalue weighted by Crippen LogP contribution is 2.21. The molecule has 0 radical (unpaired) electrons. The molecule has 0 saturated carbocycles. The molecule has 0 spiro atoms. The number of hydrogen-bond donors (Lipinski definition) is 1. The SMILES string of the molecule is Cc1ccc(-c2cc(C(=O)N(CC(C)O)C(C)C)on2)cc1. The number of aliphatic hydroxyl groups excluding tert-OH is 1. The molecular weight excluding hydrogens is 280 g/mol. The van der Waals surface area contributed by atoms with Crippen molar-refractivity contribution in [2.75, 3.05) is 6.54 Å². The second-order valence-electron chi connectivity index (χ2n) is 5.84. The van der Waals surface area contributed by atoms with Crippen LogP contribution in [0.15, 0.2) is 34.9 Å². The molecule has 0 aliphatic carbocycles. The number of aryl methyl sites for hydroxylation is 1. The first kappa shape index (κ1) is 16.2. The maximum atomic E-state index is 12.5. The fourth-order valence-corrected chi connectivity index (χ4v) is 2.19. The Kier molecular flexibility index (Phi) is 4.98. The van der Waals surface area contributed by atoms with E-state index < -0.39 is 6.10 Å². The number of hydrogen-bond acceptors (Lipinski definition) is 4. The van der Waals surface area contributed by atoms with E-state index in [2.05, 4.69) is 5.16 Å². The van der Waals surface area contributed by atoms with E-state index in [1.165, 1.54) is 0 Å². The van der Waals surface area contributed by atoms with E-state index in [1.54, 1.807) is 17.9 Å². The Morgan fingerprint density at radius 2 is 1.91 bits per heavy atom. The largest absolute Gasteiger partial charge is 0.392 e. The Morgan fingerprint density at radius 1 is 1.27 bits per heavy atom. The van der Waals surface area contributed by atoms with Crippen molar-refractivity contribution in [3.63, 3.8) is 0 Å². The molecule has 2 aromatic rings. The summed E-state index contributed by atoms with van der Waals surface area (Å²) in [5.74, 6) is -0.0771. The minimum atomic E-state index is -0.592. The van der Waals surface area contributed by atoms with Crippen molar-refractivity contribution < 1.29 is 14.4 Å². The number of benzene rings is 1. The number of rotatable bonds is 5. The van der Waals surface area contributed by atoms with Crippen molar-refractivity contribution >= 4 is 5.91 Å². The summed E-state index contributed by atoms with van der Waals surface area (Å²) in [7, 11) is 0. The van der Waals surface area contributed by atoms with E-state index in [1.807, 2.05) is 45.0 Å². The first-order chi connectivity index (χ1) is 10.4. The molecule has 1 aromatic carbocycles. The lowest BCUT2D eigenvalue weighted by molar-refractivity contribution is 0.0540. The third-order valence-corrected chi connectivity index (χ3v) is 3.41. The lowest BCUT2D eigenvalue weighted by Crippen LogP contribution is -2.41. The van der Waals surface area contributed by atoms with Gasteiger partial charge in [-0.2, -0.15) is 0 Å². The van der Waals surface area contributed by atoms with Crippen LogP contribution in [-0.4, -0.2) is 39.8 Å². The van der Waals surface area contributed by atoms with Crippen LogP contribution in [0.5, 0.6) is 0 Å². The molecular formula is C17H22N2O3. The van der Waals surface area contributed by atoms with Gasteiger partial charge in [-0.15, -0.1) is 0 Å². The summed E-state index contributed by atoms with van der Waals surface area (Å²) < 4.78 is 5.20. The minimum absolute atomic E-state index is 0.0324. The van der Waals surface area contributed by atoms with Crippen LogP contribution in [0.2, 0.25) is 0 Å². The Hall–Kier alpha value is -2.14. The van der Waals surface area contributed by atoms with Crippen LogP contribution in [0.3, 0.4) is 0 Å². The van der Waals surface area contributed by atoms with Crippen molar-refractivity contribution in [1.82, 2.24) is 10.1 Å². The third-order valence-electron chi connectivity index (χ3n) is 3.41. The fraction of sp³-hybridized carbons (Fsp3) is 0.412. The fourth-order valence-electron chi connectivity index (χ4n) is 2.19. The lowest BCUT2D eigenvalue weighted by Gasteiger charge is -2.26. The molecule has 2 rings (SSSR count). The number of carbonyl (C=O) groups excluding carboxylic acids is 1. The molecule has 5 heteroatoms. The van der Waals surface area contributed by atoms with Gasteiger partial charge in [0.25, 0.3) is 5.91 Å². The third kappa shape index (κ3) is 3.74. The van der Waals surface area contributed by atoms with E-state index in [0.29, 0.717) is 5.69 Å². The van der Waals surface area contributed by atoms with Crippen molar-refractivity contribution in [3.8, 4) is 11.3 Å². The van der Waals surface area contributed by atoms with Gasteiger partial charge in [-0.25, -0.2) is 0 Å². The van der Waals surface area contributed by atoms with Gasteiger partial charge in [0.2, 0.25) is 5.76 Å². The van der Waals surface area contributed by atoms with E-state index >= 15 is 0 Å². The maximum absolute atomic E-state index is 12.5. The summed E-state index contributed by atoms with van der Waals surface area (Å²) in [5.41, 5.74) is 2.69. The van der Waals surface area contributed by atoms with Gasteiger partial charge < -0.3 is 14.5 Å². The summed E-state index contributed by atoms with van der Waals surface area (Å²) in [6.45, 7) is 7.73. The van der Waals surface area contributed by atoms with Gasteiger partial charge in [-0.1, -0.05) is 35.0 Å². The van der Waals surface area contributed by atoms with Gasteiger partial charge in [0.15, 0.2) is 0 Å². The molecule has 1 atom stereocenters. The topological polar surface area (TPSA) is 66.6 Å². The van der Waals surface area contributed by atoms with Crippen LogP contribution in [-0.2, 0) is 0 Å². The zero-order valence-corrected chi connectivity index (χ0v) is 13.4. The molecule has 0 fully saturated rings. The van der Waals surface area contributed by atoms with Gasteiger partial charge in [-0.3, -0.25) is 4.79 Å². The van der Waals surface area contributed by atoms with Gasteiger partial charge >= 0.3 is 0 Å². The smallest absolute Gasteiger partial charge is 0.292 e. The Labute approximate surface area is 130 Å². The highest BCUT2D eigenvalue weighted by Gasteiger charge is 2.24. The molecule has 1 amide bonds. The zero-order chi connectivity index (χ0) is 16.3. The van der Waals surface area contributed by atoms with Crippen LogP contribution in [0.1, 0.15) is 36.9 Å². The lowest BCUT2D eigenvalue weighted by atomic mass is 10.1. The number of carbonyl (C=O) groups is 1. The summed E-state index contributed by atoms with van der Waals surface area (Å²) in [6.07, 6.45) is -0.592. The predicted octanol–water partition coefficient (Wildman–Crippen LogP) is 2.88. The molecule has 0 aliphatic rings. The highest BCUT2D eigenvalue weighted by atomic mass is 16.5. The summed E-state index contributed by atoms with van der Waals surface area (Å²) >= 11 is 0. The van der Waals surface area contributed by atoms with Crippen LogP contribution < -0.4 is 0 Å². The van der Waals surface area contributed by atoms with Gasteiger partial charge in [0.1, 0.15) is 5.69 Å². The zero-order valence-electron chi connectivity index (χ0n) is 13.4. The molecule has 5 nitrogen and oxygen atoms in total. The van der Waals surface area contributed by atoms with Gasteiger partial charge in [-0.05, 0) is 27.7 Å². The van der Waals surface area contributed by atoms with E-state index in [4.69, 9.17) is 4.52 Å². The van der Waals surface area contributed by atoms with Crippen LogP contribution >= 0.6 is 0 Å². The Morgan fingerprint density at radius 3 is 2.45 bits per heavy atom. The minimum Gasteiger partial charge on any atom is -0.392 e. The van der Waals surface area contributed by atoms with E-state index in [0.717, 1.165) is 11.1 Å². The van der Waals surface area contributed by atoms with Crippen molar-refractivity contribution in [2.45, 2.75) is 39.8 Å². The average Bonchev–Trinajstić information content (AvgIpc) is 2.94. The first-order valence-corrected chi connectivity index (χ1v) is 7.41. The average molecular weight is 302 g/mol. The van der Waals surface area contributed by atoms with Crippen molar-refractivity contribution in [2.24, 2.45) is 0 Å². The molecule has 1 N–H and O–H groups in total. The molecule has 0 saturated heterocycles. The summed E-state index contributed by atoms with van der Waals surface area (Å²) in [5, 5.41) is 13.5. The van der Waals surface area contributed by atoms with E-state index in [-0.39, 0.29) is 24.3 Å². The van der Waals surface area contributed by atoms with Crippen LogP contribution in [0.4, 0.5) is 0 Å². The Balaban J connectivity index is 2.22. The van der Waals surface area contributed by atoms with Gasteiger partial charge in [0.05, 0.1) is 6.10 Å². The number of nitrogens with zero attached hydrogens (tertiary/aromatic N) is 2. The molecule has 0 aliphatic heterocycles. The monoisotopic (exact) mass is 302 g/mol. The second kappa shape index (κ2) is 6.75. The molecule has 1 heterocycles. The quantitative estimate of drug-likeness (QED) is 0.922. The van der Waals surface area contributed by atoms with Crippen LogP contribution in [0.25, 0.3) is 11.3 Å². The van der Waals surface area contributed by atoms with Crippen molar-refractivity contribution in [3.05, 3.63) is 41.7 Å². The number of aliphatic hydroxyl groups is 1. The molecule has 118 valence electrons. The Bertz CT molecular complexity index is 630. The summed E-state index contributed by atoms with van der Waals surface area (Å²) in [4.78, 5) is 14.1. The normalized spacial score (nSPS) is 12.5. The molecule has 0 bridgehead atoms. The predicted molar refractivity (Wildman–Crippen MR) is 84.5 cm³/mol. The first-order valence-electron chi connectivity index (χ1n) is 7.41. The highest BCUT2D eigenvalue weighted by molar-refractivity contribution is 5.92. The molecule has 1 unspecified atom stereocenters. The van der Waals surface area contributed by atoms with Gasteiger partial charge in [0, 0.05) is 24.2 Å². The van der Waals surface area contributed by atoms with E-state index in [9.17, 15) is 9.90 Å². The maximum Gasteiger partial charge on any atom is 0.292 e. The number of aromatic nitrogens is 1. The number of amides is 1. The molecule has 1 aromatic heterocycles. The van der Waals surface area contributed by atoms with Crippen LogP contribution in [0, 0.1) is 6.92 Å². The summed E-state index contributed by atoms with van der Waals surface area (Å²) in [6, 6.07) is 9.47. The van der Waals surface area contributed by atoms with Crippen molar-refractivity contribution in [1.29, 1.82) is 0 Å².